The third-order valence-electron chi connectivity index (χ3n) is 13.0. The third-order valence-corrected chi connectivity index (χ3v) is 13.3. The fourth-order valence-corrected chi connectivity index (χ4v) is 10.0. The van der Waals surface area contributed by atoms with Crippen LogP contribution in [0.2, 0.25) is 5.02 Å². The first-order chi connectivity index (χ1) is 27.6. The van der Waals surface area contributed by atoms with E-state index in [1.54, 1.807) is 18.2 Å². The number of hydrogen-bond donors (Lipinski definition) is 1. The van der Waals surface area contributed by atoms with Crippen LogP contribution in [0.4, 0.5) is 22.7 Å². The minimum atomic E-state index is -0.971. The highest BCUT2D eigenvalue weighted by Gasteiger charge is 2.46. The Bertz CT molecular complexity index is 2200. The summed E-state index contributed by atoms with van der Waals surface area (Å²) in [6.45, 7) is 17.0. The number of nitrogens with one attached hydrogen (secondary N) is 1. The molecule has 3 aromatic rings. The Morgan fingerprint density at radius 1 is 0.772 bits per heavy atom. The summed E-state index contributed by atoms with van der Waals surface area (Å²) in [6, 6.07) is 18.1. The maximum Gasteiger partial charge on any atom is 0.262 e. The Morgan fingerprint density at radius 3 is 2.25 bits per heavy atom. The summed E-state index contributed by atoms with van der Waals surface area (Å²) >= 11 is 6.33. The van der Waals surface area contributed by atoms with Crippen molar-refractivity contribution in [1.29, 1.82) is 0 Å². The van der Waals surface area contributed by atoms with Crippen LogP contribution in [0.1, 0.15) is 63.2 Å². The molecule has 0 radical (unpaired) electrons. The number of carbonyl (C=O) groups excluding carboxylic acids is 5. The zero-order valence-electron chi connectivity index (χ0n) is 31.8. The third kappa shape index (κ3) is 6.99. The molecule has 1 N–H and O–H groups in total. The minimum absolute atomic E-state index is 0.0735. The van der Waals surface area contributed by atoms with Crippen molar-refractivity contribution in [3.05, 3.63) is 93.8 Å². The minimum Gasteiger partial charge on any atom is -0.371 e. The molecule has 2 unspecified atom stereocenters. The van der Waals surface area contributed by atoms with Crippen molar-refractivity contribution < 1.29 is 24.0 Å². The van der Waals surface area contributed by atoms with Gasteiger partial charge in [0.25, 0.3) is 17.7 Å². The van der Waals surface area contributed by atoms with Gasteiger partial charge in [-0.1, -0.05) is 17.7 Å². The van der Waals surface area contributed by atoms with Gasteiger partial charge in [-0.3, -0.25) is 39.1 Å². The number of carbonyl (C=O) groups is 5. The zero-order chi connectivity index (χ0) is 39.4. The summed E-state index contributed by atoms with van der Waals surface area (Å²) < 4.78 is 0. The van der Waals surface area contributed by atoms with E-state index in [1.165, 1.54) is 0 Å². The quantitative estimate of drug-likeness (QED) is 0.269. The largest absolute Gasteiger partial charge is 0.371 e. The SMILES string of the molecule is [C-]#[N+]c1ccc(N2CCC3(CCN(C(=O)c4ccc(N5CCN(C[C@H]6CCN(c7ccc8c(c7)C(=O)N(C7CCC(=O)NC7=O)C8=O)C6)CC5)cc4)C3)C2)cc1Cl. The number of anilines is 3. The standard InChI is InChI=1S/C43H45ClN8O5/c1-45-36-9-7-32(23-35(36)44)50-16-13-43(26-50)14-17-51(27-43)40(55)29-2-4-30(5-3-29)48-20-18-47(19-21-48)24-28-12-15-49(25-28)31-6-8-33-34(22-31)42(57)52(41(33)56)37-10-11-38(53)46-39(37)54/h2-9,22-23,28,37H,10-21,24-27H2,(H,46,53,54)/t28-,37?,43?/m1/s1. The molecule has 3 aromatic carbocycles. The molecule has 9 rings (SSSR count). The molecule has 0 aromatic heterocycles. The van der Waals surface area contributed by atoms with Gasteiger partial charge in [0.1, 0.15) is 6.04 Å². The number of halogens is 1. The second-order valence-electron chi connectivity index (χ2n) is 16.5. The Labute approximate surface area is 336 Å². The van der Waals surface area contributed by atoms with Gasteiger partial charge in [-0.05, 0) is 86.2 Å². The van der Waals surface area contributed by atoms with Gasteiger partial charge in [0, 0.05) is 111 Å². The van der Waals surface area contributed by atoms with Gasteiger partial charge >= 0.3 is 0 Å². The molecule has 6 aliphatic rings. The maximum absolute atomic E-state index is 13.6. The van der Waals surface area contributed by atoms with E-state index in [1.807, 2.05) is 35.2 Å². The predicted molar refractivity (Wildman–Crippen MR) is 216 cm³/mol. The zero-order valence-corrected chi connectivity index (χ0v) is 32.5. The number of hydrogen-bond acceptors (Lipinski definition) is 9. The highest BCUT2D eigenvalue weighted by atomic mass is 35.5. The van der Waals surface area contributed by atoms with E-state index in [4.69, 9.17) is 18.2 Å². The molecule has 1 spiro atoms. The summed E-state index contributed by atoms with van der Waals surface area (Å²) in [5.41, 5.74) is 4.94. The highest BCUT2D eigenvalue weighted by Crippen LogP contribution is 2.43. The highest BCUT2D eigenvalue weighted by molar-refractivity contribution is 6.33. The Morgan fingerprint density at radius 2 is 1.49 bits per heavy atom. The number of piperidine rings is 1. The van der Waals surface area contributed by atoms with Crippen LogP contribution in [0.15, 0.2) is 60.7 Å². The molecular formula is C43H45ClN8O5. The summed E-state index contributed by atoms with van der Waals surface area (Å²) in [5, 5.41) is 2.73. The average molecular weight is 789 g/mol. The second-order valence-corrected chi connectivity index (χ2v) is 16.9. The normalized spacial score (nSPS) is 25.2. The van der Waals surface area contributed by atoms with E-state index in [2.05, 4.69) is 41.9 Å². The molecule has 6 heterocycles. The van der Waals surface area contributed by atoms with Gasteiger partial charge in [0.2, 0.25) is 17.5 Å². The van der Waals surface area contributed by atoms with E-state index in [0.29, 0.717) is 27.8 Å². The molecule has 5 amide bonds. The van der Waals surface area contributed by atoms with Crippen LogP contribution >= 0.6 is 11.6 Å². The van der Waals surface area contributed by atoms with Gasteiger partial charge in [-0.25, -0.2) is 4.85 Å². The molecule has 0 aliphatic carbocycles. The number of nitrogens with zero attached hydrogens (tertiary/aromatic N) is 7. The van der Waals surface area contributed by atoms with Gasteiger partial charge < -0.3 is 19.6 Å². The first kappa shape index (κ1) is 37.1. The van der Waals surface area contributed by atoms with Gasteiger partial charge in [0.05, 0.1) is 17.7 Å². The topological polar surface area (TPSA) is 121 Å². The van der Waals surface area contributed by atoms with E-state index in [9.17, 15) is 24.0 Å². The van der Waals surface area contributed by atoms with Crippen molar-refractivity contribution in [3.63, 3.8) is 0 Å². The number of benzene rings is 3. The first-order valence-electron chi connectivity index (χ1n) is 20.0. The van der Waals surface area contributed by atoms with Crippen molar-refractivity contribution in [2.24, 2.45) is 11.3 Å². The summed E-state index contributed by atoms with van der Waals surface area (Å²) in [4.78, 5) is 80.2. The van der Waals surface area contributed by atoms with Crippen molar-refractivity contribution in [3.8, 4) is 0 Å². The lowest BCUT2D eigenvalue weighted by Gasteiger charge is -2.37. The Balaban J connectivity index is 0.741. The maximum atomic E-state index is 13.6. The molecule has 5 saturated heterocycles. The lowest BCUT2D eigenvalue weighted by Crippen LogP contribution is -2.54. The number of fused-ring (bicyclic) bond motifs is 1. The molecule has 3 atom stereocenters. The van der Waals surface area contributed by atoms with Crippen LogP contribution in [0.25, 0.3) is 4.85 Å². The van der Waals surface area contributed by atoms with Crippen molar-refractivity contribution in [2.75, 3.05) is 86.7 Å². The van der Waals surface area contributed by atoms with E-state index in [-0.39, 0.29) is 30.1 Å². The fourth-order valence-electron chi connectivity index (χ4n) is 9.80. The molecule has 6 aliphatic heterocycles. The van der Waals surface area contributed by atoms with Crippen LogP contribution in [-0.4, -0.2) is 122 Å². The van der Waals surface area contributed by atoms with E-state index < -0.39 is 23.8 Å². The van der Waals surface area contributed by atoms with Crippen LogP contribution in [0, 0.1) is 17.9 Å². The fraction of sp³-hybridized carbons (Fsp3) is 0.442. The van der Waals surface area contributed by atoms with Crippen LogP contribution in [0.5, 0.6) is 0 Å². The summed E-state index contributed by atoms with van der Waals surface area (Å²) in [7, 11) is 0. The Hall–Kier alpha value is -5.45. The predicted octanol–water partition coefficient (Wildman–Crippen LogP) is 4.68. The lowest BCUT2D eigenvalue weighted by molar-refractivity contribution is -0.136. The monoisotopic (exact) mass is 788 g/mol. The molecule has 0 bridgehead atoms. The molecule has 5 fully saturated rings. The number of piperazine rings is 1. The number of rotatable bonds is 7. The van der Waals surface area contributed by atoms with Crippen molar-refractivity contribution in [1.82, 2.24) is 20.0 Å². The first-order valence-corrected chi connectivity index (χ1v) is 20.3. The van der Waals surface area contributed by atoms with Gasteiger partial charge in [-0.2, -0.15) is 0 Å². The molecule has 57 heavy (non-hydrogen) atoms. The average Bonchev–Trinajstić information content (AvgIpc) is 4.02. The van der Waals surface area contributed by atoms with Gasteiger partial charge in [-0.15, -0.1) is 0 Å². The molecule has 0 saturated carbocycles. The Kier molecular flexibility index (Phi) is 9.65. The van der Waals surface area contributed by atoms with E-state index >= 15 is 0 Å². The molecular weight excluding hydrogens is 744 g/mol. The van der Waals surface area contributed by atoms with Crippen LogP contribution in [-0.2, 0) is 9.59 Å². The van der Waals surface area contributed by atoms with Crippen molar-refractivity contribution in [2.45, 2.75) is 38.1 Å². The van der Waals surface area contributed by atoms with Crippen LogP contribution < -0.4 is 20.0 Å². The number of likely N-dealkylation sites (tertiary alicyclic amines) is 1. The summed E-state index contributed by atoms with van der Waals surface area (Å²) in [5.74, 6) is -1.40. The molecule has 14 heteroatoms. The van der Waals surface area contributed by atoms with Crippen LogP contribution in [0.3, 0.4) is 0 Å². The van der Waals surface area contributed by atoms with E-state index in [0.717, 1.165) is 119 Å². The molecule has 294 valence electrons. The summed E-state index contributed by atoms with van der Waals surface area (Å²) in [6.07, 6.45) is 3.27. The van der Waals surface area contributed by atoms with Crippen molar-refractivity contribution >= 4 is 63.9 Å². The van der Waals surface area contributed by atoms with Gasteiger partial charge in [0.15, 0.2) is 0 Å². The number of imide groups is 2. The smallest absolute Gasteiger partial charge is 0.262 e. The molecule has 13 nitrogen and oxygen atoms in total. The second kappa shape index (κ2) is 14.8. The number of amides is 5. The lowest BCUT2D eigenvalue weighted by atomic mass is 9.86.